The zero-order chi connectivity index (χ0) is 12.3. The van der Waals surface area contributed by atoms with Crippen LogP contribution in [0.3, 0.4) is 0 Å². The van der Waals surface area contributed by atoms with Gasteiger partial charge in [0.2, 0.25) is 0 Å². The van der Waals surface area contributed by atoms with Gasteiger partial charge in [-0.05, 0) is 13.0 Å². The van der Waals surface area contributed by atoms with Crippen molar-refractivity contribution in [2.45, 2.75) is 19.5 Å². The second-order valence-electron chi connectivity index (χ2n) is 3.37. The molecule has 0 aliphatic carbocycles. The molecule has 0 aromatic heterocycles. The molecule has 1 aromatic rings. The Labute approximate surface area is 91.0 Å². The first-order valence-corrected chi connectivity index (χ1v) is 4.58. The van der Waals surface area contributed by atoms with E-state index in [9.17, 15) is 18.0 Å². The highest BCUT2D eigenvalue weighted by atomic mass is 19.4. The van der Waals surface area contributed by atoms with E-state index in [1.54, 1.807) is 0 Å². The molecule has 2 nitrogen and oxygen atoms in total. The molecule has 0 aliphatic rings. The van der Waals surface area contributed by atoms with Gasteiger partial charge in [-0.3, -0.25) is 4.79 Å². The number of para-hydroxylation sites is 1. The Hall–Kier alpha value is -1.52. The van der Waals surface area contributed by atoms with Gasteiger partial charge >= 0.3 is 6.18 Å². The summed E-state index contributed by atoms with van der Waals surface area (Å²) >= 11 is 0. The molecule has 88 valence electrons. The van der Waals surface area contributed by atoms with Gasteiger partial charge in [0.25, 0.3) is 0 Å². The van der Waals surface area contributed by atoms with Gasteiger partial charge in [-0.15, -0.1) is 0 Å². The Balaban J connectivity index is 3.26. The molecule has 0 spiro atoms. The standard InChI is InChI=1S/C11H11F3O2/c1-7(15)6-8-4-3-5-9(10(8)16-2)11(12,13)14/h3-5H,6H2,1-2H3. The van der Waals surface area contributed by atoms with Gasteiger partial charge in [-0.2, -0.15) is 13.2 Å². The molecule has 0 saturated heterocycles. The van der Waals surface area contributed by atoms with Gasteiger partial charge in [0, 0.05) is 12.0 Å². The van der Waals surface area contributed by atoms with Crippen molar-refractivity contribution in [1.82, 2.24) is 0 Å². The summed E-state index contributed by atoms with van der Waals surface area (Å²) in [4.78, 5) is 10.9. The maximum Gasteiger partial charge on any atom is 0.419 e. The average Bonchev–Trinajstić information content (AvgIpc) is 2.15. The second-order valence-corrected chi connectivity index (χ2v) is 3.37. The lowest BCUT2D eigenvalue weighted by atomic mass is 10.0. The zero-order valence-corrected chi connectivity index (χ0v) is 8.89. The summed E-state index contributed by atoms with van der Waals surface area (Å²) in [6, 6.07) is 3.65. The lowest BCUT2D eigenvalue weighted by Gasteiger charge is -2.14. The Kier molecular flexibility index (Phi) is 3.57. The van der Waals surface area contributed by atoms with E-state index in [2.05, 4.69) is 0 Å². The minimum absolute atomic E-state index is 0.0624. The van der Waals surface area contributed by atoms with Crippen molar-refractivity contribution in [3.8, 4) is 5.75 Å². The fraction of sp³-hybridized carbons (Fsp3) is 0.364. The highest BCUT2D eigenvalue weighted by Crippen LogP contribution is 2.38. The van der Waals surface area contributed by atoms with Crippen molar-refractivity contribution in [2.24, 2.45) is 0 Å². The van der Waals surface area contributed by atoms with Crippen molar-refractivity contribution >= 4 is 5.78 Å². The maximum absolute atomic E-state index is 12.6. The molecule has 5 heteroatoms. The SMILES string of the molecule is COc1c(CC(C)=O)cccc1C(F)(F)F. The third-order valence-electron chi connectivity index (χ3n) is 2.05. The summed E-state index contributed by atoms with van der Waals surface area (Å²) in [6.45, 7) is 1.32. The molecule has 0 radical (unpaired) electrons. The Morgan fingerprint density at radius 3 is 2.44 bits per heavy atom. The van der Waals surface area contributed by atoms with Crippen LogP contribution in [0.4, 0.5) is 13.2 Å². The molecule has 1 aromatic carbocycles. The number of alkyl halides is 3. The van der Waals surface area contributed by atoms with Gasteiger partial charge < -0.3 is 4.74 Å². The molecule has 16 heavy (non-hydrogen) atoms. The van der Waals surface area contributed by atoms with Crippen LogP contribution in [0.1, 0.15) is 18.1 Å². The molecule has 0 atom stereocenters. The molecule has 0 aliphatic heterocycles. The summed E-state index contributed by atoms with van der Waals surface area (Å²) in [7, 11) is 1.16. The molecular formula is C11H11F3O2. The van der Waals surface area contributed by atoms with Crippen molar-refractivity contribution < 1.29 is 22.7 Å². The minimum Gasteiger partial charge on any atom is -0.496 e. The van der Waals surface area contributed by atoms with E-state index in [-0.39, 0.29) is 23.5 Å². The number of carbonyl (C=O) groups excluding carboxylic acids is 1. The number of carbonyl (C=O) groups is 1. The third-order valence-corrected chi connectivity index (χ3v) is 2.05. The number of methoxy groups -OCH3 is 1. The van der Waals surface area contributed by atoms with Crippen LogP contribution < -0.4 is 4.74 Å². The van der Waals surface area contributed by atoms with Crippen LogP contribution in [0.2, 0.25) is 0 Å². The third kappa shape index (κ3) is 2.74. The van der Waals surface area contributed by atoms with Crippen molar-refractivity contribution in [2.75, 3.05) is 7.11 Å². The van der Waals surface area contributed by atoms with Gasteiger partial charge in [-0.25, -0.2) is 0 Å². The average molecular weight is 232 g/mol. The van der Waals surface area contributed by atoms with E-state index in [4.69, 9.17) is 4.74 Å². The zero-order valence-electron chi connectivity index (χ0n) is 8.89. The smallest absolute Gasteiger partial charge is 0.419 e. The van der Waals surface area contributed by atoms with E-state index in [1.807, 2.05) is 0 Å². The number of ether oxygens (including phenoxy) is 1. The normalized spacial score (nSPS) is 11.3. The molecule has 0 amide bonds. The van der Waals surface area contributed by atoms with Crippen molar-refractivity contribution in [3.63, 3.8) is 0 Å². The van der Waals surface area contributed by atoms with Crippen LogP contribution in [-0.4, -0.2) is 12.9 Å². The number of ketones is 1. The van der Waals surface area contributed by atoms with Gasteiger partial charge in [0.15, 0.2) is 0 Å². The quantitative estimate of drug-likeness (QED) is 0.801. The summed E-state index contributed by atoms with van der Waals surface area (Å²) < 4.78 is 42.5. The number of rotatable bonds is 3. The number of hydrogen-bond acceptors (Lipinski definition) is 2. The van der Waals surface area contributed by atoms with E-state index in [1.165, 1.54) is 19.1 Å². The number of halogens is 3. The predicted molar refractivity (Wildman–Crippen MR) is 52.4 cm³/mol. The summed E-state index contributed by atoms with van der Waals surface area (Å²) in [5, 5.41) is 0. The van der Waals surface area contributed by atoms with Crippen LogP contribution in [0.15, 0.2) is 18.2 Å². The second kappa shape index (κ2) is 4.55. The molecule has 1 rings (SSSR count). The fourth-order valence-corrected chi connectivity index (χ4v) is 1.46. The Morgan fingerprint density at radius 2 is 2.00 bits per heavy atom. The maximum atomic E-state index is 12.6. The van der Waals surface area contributed by atoms with Crippen LogP contribution in [0, 0.1) is 0 Å². The Bertz CT molecular complexity index is 397. The molecule has 0 unspecified atom stereocenters. The van der Waals surface area contributed by atoms with Gasteiger partial charge in [0.05, 0.1) is 12.7 Å². The largest absolute Gasteiger partial charge is 0.496 e. The van der Waals surface area contributed by atoms with Crippen molar-refractivity contribution in [1.29, 1.82) is 0 Å². The van der Waals surface area contributed by atoms with Gasteiger partial charge in [-0.1, -0.05) is 12.1 Å². The number of Topliss-reactive ketones (excluding diaryl/α,β-unsaturated/α-hetero) is 1. The Morgan fingerprint density at radius 1 is 1.38 bits per heavy atom. The first-order chi connectivity index (χ1) is 7.36. The van der Waals surface area contributed by atoms with Crippen LogP contribution in [-0.2, 0) is 17.4 Å². The van der Waals surface area contributed by atoms with E-state index >= 15 is 0 Å². The summed E-state index contributed by atoms with van der Waals surface area (Å²) in [6.07, 6.45) is -4.54. The lowest BCUT2D eigenvalue weighted by molar-refractivity contribution is -0.138. The first kappa shape index (κ1) is 12.5. The highest BCUT2D eigenvalue weighted by Gasteiger charge is 2.35. The van der Waals surface area contributed by atoms with Crippen LogP contribution >= 0.6 is 0 Å². The number of hydrogen-bond donors (Lipinski definition) is 0. The van der Waals surface area contributed by atoms with E-state index in [0.717, 1.165) is 13.2 Å². The van der Waals surface area contributed by atoms with Crippen LogP contribution in [0.5, 0.6) is 5.75 Å². The molecule has 0 heterocycles. The number of benzene rings is 1. The van der Waals surface area contributed by atoms with E-state index < -0.39 is 11.7 Å². The molecular weight excluding hydrogens is 221 g/mol. The van der Waals surface area contributed by atoms with E-state index in [0.29, 0.717) is 0 Å². The first-order valence-electron chi connectivity index (χ1n) is 4.58. The molecule has 0 fully saturated rings. The van der Waals surface area contributed by atoms with Crippen LogP contribution in [0.25, 0.3) is 0 Å². The molecule has 0 bridgehead atoms. The molecule has 0 saturated carbocycles. The summed E-state index contributed by atoms with van der Waals surface area (Å²) in [5.41, 5.74) is -0.599. The predicted octanol–water partition coefficient (Wildman–Crippen LogP) is 2.85. The lowest BCUT2D eigenvalue weighted by Crippen LogP contribution is -2.10. The van der Waals surface area contributed by atoms with Crippen molar-refractivity contribution in [3.05, 3.63) is 29.3 Å². The minimum atomic E-state index is -4.47. The van der Waals surface area contributed by atoms with Gasteiger partial charge in [0.1, 0.15) is 11.5 Å². The monoisotopic (exact) mass is 232 g/mol. The topological polar surface area (TPSA) is 26.3 Å². The summed E-state index contributed by atoms with van der Waals surface area (Å²) in [5.74, 6) is -0.483. The highest BCUT2D eigenvalue weighted by molar-refractivity contribution is 5.79. The molecule has 0 N–H and O–H groups in total. The fourth-order valence-electron chi connectivity index (χ4n) is 1.46.